The summed E-state index contributed by atoms with van der Waals surface area (Å²) in [7, 11) is -3.79. The first-order valence-electron chi connectivity index (χ1n) is 5.68. The van der Waals surface area contributed by atoms with Crippen molar-refractivity contribution < 1.29 is 18.3 Å². The number of rotatable bonds is 6. The number of carboxylic acid groups (broad SMARTS) is 1. The van der Waals surface area contributed by atoms with Crippen LogP contribution in [0.15, 0.2) is 35.2 Å². The molecular formula is C12H17NO4S. The van der Waals surface area contributed by atoms with E-state index in [1.54, 1.807) is 25.1 Å². The smallest absolute Gasteiger partial charge is 0.322 e. The Morgan fingerprint density at radius 3 is 2.33 bits per heavy atom. The predicted octanol–water partition coefficient (Wildman–Crippen LogP) is 1.46. The molecule has 0 spiro atoms. The molecule has 100 valence electrons. The first-order valence-corrected chi connectivity index (χ1v) is 7.17. The van der Waals surface area contributed by atoms with Crippen LogP contribution in [0.25, 0.3) is 0 Å². The van der Waals surface area contributed by atoms with Gasteiger partial charge >= 0.3 is 5.97 Å². The van der Waals surface area contributed by atoms with E-state index in [2.05, 4.69) is 4.72 Å². The quantitative estimate of drug-likeness (QED) is 0.820. The van der Waals surface area contributed by atoms with E-state index >= 15 is 0 Å². The highest BCUT2D eigenvalue weighted by atomic mass is 32.2. The largest absolute Gasteiger partial charge is 0.480 e. The fourth-order valence-corrected chi connectivity index (χ4v) is 2.80. The molecule has 1 rings (SSSR count). The number of nitrogens with one attached hydrogen (secondary N) is 1. The van der Waals surface area contributed by atoms with Crippen LogP contribution in [0.1, 0.15) is 20.3 Å². The summed E-state index contributed by atoms with van der Waals surface area (Å²) in [5.74, 6) is -1.44. The van der Waals surface area contributed by atoms with Crippen LogP contribution in [0.3, 0.4) is 0 Å². The molecule has 0 fully saturated rings. The van der Waals surface area contributed by atoms with Crippen LogP contribution in [0, 0.1) is 5.92 Å². The van der Waals surface area contributed by atoms with Gasteiger partial charge in [0.2, 0.25) is 10.0 Å². The molecule has 2 N–H and O–H groups in total. The van der Waals surface area contributed by atoms with Crippen molar-refractivity contribution in [3.63, 3.8) is 0 Å². The van der Waals surface area contributed by atoms with E-state index in [1.807, 2.05) is 6.92 Å². The van der Waals surface area contributed by atoms with Gasteiger partial charge in [0.25, 0.3) is 0 Å². The summed E-state index contributed by atoms with van der Waals surface area (Å²) < 4.78 is 26.2. The lowest BCUT2D eigenvalue weighted by Crippen LogP contribution is -2.44. The Labute approximate surface area is 107 Å². The maximum absolute atomic E-state index is 12.0. The number of hydrogen-bond donors (Lipinski definition) is 2. The van der Waals surface area contributed by atoms with E-state index in [0.29, 0.717) is 6.42 Å². The zero-order valence-corrected chi connectivity index (χ0v) is 11.1. The fraction of sp³-hybridized carbons (Fsp3) is 0.417. The van der Waals surface area contributed by atoms with Gasteiger partial charge < -0.3 is 5.11 Å². The lowest BCUT2D eigenvalue weighted by atomic mass is 10.0. The molecule has 6 heteroatoms. The highest BCUT2D eigenvalue weighted by Crippen LogP contribution is 2.13. The second-order valence-corrected chi connectivity index (χ2v) is 5.85. The number of sulfonamides is 1. The maximum atomic E-state index is 12.0. The summed E-state index contributed by atoms with van der Waals surface area (Å²) in [6.45, 7) is 3.52. The molecule has 0 heterocycles. The minimum atomic E-state index is -3.79. The minimum Gasteiger partial charge on any atom is -0.480 e. The van der Waals surface area contributed by atoms with Crippen LogP contribution >= 0.6 is 0 Å². The van der Waals surface area contributed by atoms with Crippen LogP contribution in [0.4, 0.5) is 0 Å². The second-order valence-electron chi connectivity index (χ2n) is 4.14. The van der Waals surface area contributed by atoms with Gasteiger partial charge in [-0.3, -0.25) is 4.79 Å². The highest BCUT2D eigenvalue weighted by molar-refractivity contribution is 7.89. The van der Waals surface area contributed by atoms with Crippen molar-refractivity contribution >= 4 is 16.0 Å². The molecular weight excluding hydrogens is 254 g/mol. The Morgan fingerprint density at radius 1 is 1.33 bits per heavy atom. The Hall–Kier alpha value is -1.40. The van der Waals surface area contributed by atoms with Gasteiger partial charge in [-0.05, 0) is 18.1 Å². The normalized spacial score (nSPS) is 15.0. The molecule has 0 saturated carbocycles. The topological polar surface area (TPSA) is 83.5 Å². The molecule has 0 aromatic heterocycles. The first-order chi connectivity index (χ1) is 8.38. The standard InChI is InChI=1S/C12H17NO4S/c1-3-9(2)11(12(14)15)13-18(16,17)10-7-5-4-6-8-10/h4-9,11,13H,3H2,1-2H3,(H,14,15)/t9-,11-/m0/s1. The average molecular weight is 271 g/mol. The van der Waals surface area contributed by atoms with E-state index in [-0.39, 0.29) is 10.8 Å². The fourth-order valence-electron chi connectivity index (χ4n) is 1.48. The number of carboxylic acids is 1. The van der Waals surface area contributed by atoms with E-state index in [1.165, 1.54) is 12.1 Å². The van der Waals surface area contributed by atoms with Gasteiger partial charge in [0.1, 0.15) is 6.04 Å². The molecule has 0 aliphatic carbocycles. The summed E-state index contributed by atoms with van der Waals surface area (Å²) in [4.78, 5) is 11.2. The van der Waals surface area contributed by atoms with Gasteiger partial charge in [-0.1, -0.05) is 38.5 Å². The number of benzene rings is 1. The Morgan fingerprint density at radius 2 is 1.89 bits per heavy atom. The van der Waals surface area contributed by atoms with Crippen molar-refractivity contribution in [2.45, 2.75) is 31.2 Å². The van der Waals surface area contributed by atoms with Crippen molar-refractivity contribution in [2.75, 3.05) is 0 Å². The van der Waals surface area contributed by atoms with Gasteiger partial charge in [0.05, 0.1) is 4.90 Å². The zero-order valence-electron chi connectivity index (χ0n) is 10.3. The van der Waals surface area contributed by atoms with E-state index in [0.717, 1.165) is 0 Å². The molecule has 0 saturated heterocycles. The molecule has 0 bridgehead atoms. The molecule has 18 heavy (non-hydrogen) atoms. The van der Waals surface area contributed by atoms with Crippen LogP contribution in [-0.4, -0.2) is 25.5 Å². The van der Waals surface area contributed by atoms with E-state index < -0.39 is 22.0 Å². The molecule has 1 aromatic rings. The first kappa shape index (κ1) is 14.7. The van der Waals surface area contributed by atoms with Crippen molar-refractivity contribution in [1.82, 2.24) is 4.72 Å². The Balaban J connectivity index is 2.97. The van der Waals surface area contributed by atoms with Gasteiger partial charge in [-0.15, -0.1) is 0 Å². The number of hydrogen-bond acceptors (Lipinski definition) is 3. The van der Waals surface area contributed by atoms with Crippen molar-refractivity contribution in [2.24, 2.45) is 5.92 Å². The molecule has 1 aromatic carbocycles. The van der Waals surface area contributed by atoms with Gasteiger partial charge in [-0.2, -0.15) is 4.72 Å². The molecule has 0 unspecified atom stereocenters. The van der Waals surface area contributed by atoms with Gasteiger partial charge in [-0.25, -0.2) is 8.42 Å². The third kappa shape index (κ3) is 3.54. The molecule has 0 radical (unpaired) electrons. The minimum absolute atomic E-state index is 0.0690. The summed E-state index contributed by atoms with van der Waals surface area (Å²) >= 11 is 0. The summed E-state index contributed by atoms with van der Waals surface area (Å²) in [5.41, 5.74) is 0. The third-order valence-corrected chi connectivity index (χ3v) is 4.27. The monoisotopic (exact) mass is 271 g/mol. The van der Waals surface area contributed by atoms with Crippen molar-refractivity contribution in [1.29, 1.82) is 0 Å². The van der Waals surface area contributed by atoms with Crippen LogP contribution < -0.4 is 4.72 Å². The van der Waals surface area contributed by atoms with Gasteiger partial charge in [0, 0.05) is 0 Å². The van der Waals surface area contributed by atoms with Crippen LogP contribution in [0.5, 0.6) is 0 Å². The Kier molecular flexibility index (Phi) is 4.86. The van der Waals surface area contributed by atoms with Crippen LogP contribution in [-0.2, 0) is 14.8 Å². The highest BCUT2D eigenvalue weighted by Gasteiger charge is 2.29. The van der Waals surface area contributed by atoms with Crippen molar-refractivity contribution in [3.05, 3.63) is 30.3 Å². The SMILES string of the molecule is CC[C@H](C)[C@H](NS(=O)(=O)c1ccccc1)C(=O)O. The molecule has 0 aliphatic rings. The maximum Gasteiger partial charge on any atom is 0.322 e. The number of aliphatic carboxylic acids is 1. The molecule has 5 nitrogen and oxygen atoms in total. The second kappa shape index (κ2) is 5.97. The summed E-state index contributed by atoms with van der Waals surface area (Å²) in [6.07, 6.45) is 0.578. The van der Waals surface area contributed by atoms with E-state index in [9.17, 15) is 13.2 Å². The zero-order chi connectivity index (χ0) is 13.8. The lowest BCUT2D eigenvalue weighted by Gasteiger charge is -2.20. The number of carbonyl (C=O) groups is 1. The molecule has 0 amide bonds. The third-order valence-electron chi connectivity index (χ3n) is 2.81. The van der Waals surface area contributed by atoms with Crippen molar-refractivity contribution in [3.8, 4) is 0 Å². The van der Waals surface area contributed by atoms with Gasteiger partial charge in [0.15, 0.2) is 0 Å². The predicted molar refractivity (Wildman–Crippen MR) is 67.6 cm³/mol. The Bertz CT molecular complexity index is 498. The van der Waals surface area contributed by atoms with Crippen LogP contribution in [0.2, 0.25) is 0 Å². The lowest BCUT2D eigenvalue weighted by molar-refractivity contribution is -0.140. The summed E-state index contributed by atoms with van der Waals surface area (Å²) in [6, 6.07) is 6.62. The molecule has 2 atom stereocenters. The molecule has 0 aliphatic heterocycles. The van der Waals surface area contributed by atoms with E-state index in [4.69, 9.17) is 5.11 Å². The average Bonchev–Trinajstić information content (AvgIpc) is 2.36. The summed E-state index contributed by atoms with van der Waals surface area (Å²) in [5, 5.41) is 9.06.